The summed E-state index contributed by atoms with van der Waals surface area (Å²) in [5, 5.41) is 12.2. The monoisotopic (exact) mass is 245 g/mol. The summed E-state index contributed by atoms with van der Waals surface area (Å²) in [4.78, 5) is 15.2. The van der Waals surface area contributed by atoms with Crippen LogP contribution in [0.15, 0.2) is 36.7 Å². The molecule has 0 spiro atoms. The molecular weight excluding hydrogens is 230 g/mol. The SMILES string of the molecule is Cn1ccnc1CNCc1ccccc1C(=O)O. The van der Waals surface area contributed by atoms with Crippen molar-refractivity contribution in [1.82, 2.24) is 14.9 Å². The highest BCUT2D eigenvalue weighted by Gasteiger charge is 2.08. The Labute approximate surface area is 105 Å². The van der Waals surface area contributed by atoms with E-state index in [4.69, 9.17) is 5.11 Å². The van der Waals surface area contributed by atoms with Crippen LogP contribution >= 0.6 is 0 Å². The maximum absolute atomic E-state index is 11.0. The average molecular weight is 245 g/mol. The molecule has 0 atom stereocenters. The molecule has 1 heterocycles. The first kappa shape index (κ1) is 12.3. The normalized spacial score (nSPS) is 10.5. The average Bonchev–Trinajstić information content (AvgIpc) is 2.76. The zero-order valence-electron chi connectivity index (χ0n) is 10.1. The van der Waals surface area contributed by atoms with Gasteiger partial charge in [0.1, 0.15) is 5.82 Å². The van der Waals surface area contributed by atoms with Gasteiger partial charge in [-0.1, -0.05) is 18.2 Å². The fourth-order valence-electron chi connectivity index (χ4n) is 1.76. The van der Waals surface area contributed by atoms with Crippen molar-refractivity contribution in [3.8, 4) is 0 Å². The highest BCUT2D eigenvalue weighted by Crippen LogP contribution is 2.08. The number of nitrogens with zero attached hydrogens (tertiary/aromatic N) is 2. The van der Waals surface area contributed by atoms with E-state index in [-0.39, 0.29) is 0 Å². The molecule has 0 aliphatic heterocycles. The molecule has 0 radical (unpaired) electrons. The van der Waals surface area contributed by atoms with Crippen molar-refractivity contribution in [3.63, 3.8) is 0 Å². The van der Waals surface area contributed by atoms with Crippen LogP contribution in [0.1, 0.15) is 21.7 Å². The summed E-state index contributed by atoms with van der Waals surface area (Å²) in [7, 11) is 1.93. The molecule has 1 aromatic heterocycles. The number of rotatable bonds is 5. The number of aryl methyl sites for hydroxylation is 1. The van der Waals surface area contributed by atoms with Crippen molar-refractivity contribution >= 4 is 5.97 Å². The van der Waals surface area contributed by atoms with E-state index in [1.54, 1.807) is 18.3 Å². The van der Waals surface area contributed by atoms with Crippen LogP contribution in [0.3, 0.4) is 0 Å². The van der Waals surface area contributed by atoms with E-state index in [1.807, 2.05) is 29.9 Å². The van der Waals surface area contributed by atoms with Gasteiger partial charge in [-0.05, 0) is 11.6 Å². The molecule has 0 bridgehead atoms. The lowest BCUT2D eigenvalue weighted by Crippen LogP contribution is -2.17. The summed E-state index contributed by atoms with van der Waals surface area (Å²) in [5.41, 5.74) is 1.11. The van der Waals surface area contributed by atoms with E-state index in [0.29, 0.717) is 18.7 Å². The highest BCUT2D eigenvalue weighted by molar-refractivity contribution is 5.89. The van der Waals surface area contributed by atoms with E-state index in [2.05, 4.69) is 10.3 Å². The summed E-state index contributed by atoms with van der Waals surface area (Å²) in [6.45, 7) is 1.12. The largest absolute Gasteiger partial charge is 0.478 e. The van der Waals surface area contributed by atoms with Crippen molar-refractivity contribution in [3.05, 3.63) is 53.6 Å². The molecule has 0 amide bonds. The van der Waals surface area contributed by atoms with Gasteiger partial charge in [-0.25, -0.2) is 9.78 Å². The Morgan fingerprint density at radius 1 is 1.39 bits per heavy atom. The van der Waals surface area contributed by atoms with Gasteiger partial charge in [0.05, 0.1) is 12.1 Å². The Hall–Kier alpha value is -2.14. The van der Waals surface area contributed by atoms with Crippen molar-refractivity contribution in [1.29, 1.82) is 0 Å². The molecule has 0 aliphatic rings. The number of hydrogen-bond donors (Lipinski definition) is 2. The Morgan fingerprint density at radius 2 is 2.17 bits per heavy atom. The van der Waals surface area contributed by atoms with Crippen molar-refractivity contribution in [2.45, 2.75) is 13.1 Å². The van der Waals surface area contributed by atoms with Gasteiger partial charge >= 0.3 is 5.97 Å². The molecule has 1 aromatic carbocycles. The zero-order chi connectivity index (χ0) is 13.0. The quantitative estimate of drug-likeness (QED) is 0.835. The van der Waals surface area contributed by atoms with Crippen LogP contribution in [0.4, 0.5) is 0 Å². The molecule has 0 unspecified atom stereocenters. The van der Waals surface area contributed by atoms with E-state index < -0.39 is 5.97 Å². The van der Waals surface area contributed by atoms with Crippen LogP contribution in [-0.2, 0) is 20.1 Å². The second kappa shape index (κ2) is 5.46. The minimum atomic E-state index is -0.899. The number of benzene rings is 1. The lowest BCUT2D eigenvalue weighted by atomic mass is 10.1. The van der Waals surface area contributed by atoms with E-state index in [1.165, 1.54) is 0 Å². The third-order valence-corrected chi connectivity index (χ3v) is 2.77. The number of aromatic nitrogens is 2. The molecule has 0 fully saturated rings. The van der Waals surface area contributed by atoms with Gasteiger partial charge in [0, 0.05) is 26.0 Å². The van der Waals surface area contributed by atoms with Crippen molar-refractivity contribution in [2.24, 2.45) is 7.05 Å². The second-order valence-corrected chi connectivity index (χ2v) is 4.02. The molecule has 2 aromatic rings. The second-order valence-electron chi connectivity index (χ2n) is 4.02. The molecule has 2 rings (SSSR count). The van der Waals surface area contributed by atoms with E-state index in [0.717, 1.165) is 11.4 Å². The van der Waals surface area contributed by atoms with Crippen molar-refractivity contribution in [2.75, 3.05) is 0 Å². The smallest absolute Gasteiger partial charge is 0.336 e. The zero-order valence-corrected chi connectivity index (χ0v) is 10.1. The summed E-state index contributed by atoms with van der Waals surface area (Å²) >= 11 is 0. The highest BCUT2D eigenvalue weighted by atomic mass is 16.4. The molecule has 5 nitrogen and oxygen atoms in total. The lowest BCUT2D eigenvalue weighted by molar-refractivity contribution is 0.0695. The molecule has 2 N–H and O–H groups in total. The predicted octanol–water partition coefficient (Wildman–Crippen LogP) is 1.41. The molecule has 94 valence electrons. The van der Waals surface area contributed by atoms with Gasteiger partial charge in [-0.3, -0.25) is 0 Å². The predicted molar refractivity (Wildman–Crippen MR) is 67.2 cm³/mol. The maximum atomic E-state index is 11.0. The Bertz CT molecular complexity index is 549. The number of nitrogens with one attached hydrogen (secondary N) is 1. The van der Waals surface area contributed by atoms with Crippen LogP contribution in [-0.4, -0.2) is 20.6 Å². The van der Waals surface area contributed by atoms with E-state index in [9.17, 15) is 4.79 Å². The third-order valence-electron chi connectivity index (χ3n) is 2.77. The molecule has 0 aliphatic carbocycles. The van der Waals surface area contributed by atoms with Crippen molar-refractivity contribution < 1.29 is 9.90 Å². The number of carboxylic acids is 1. The molecular formula is C13H15N3O2. The fraction of sp³-hybridized carbons (Fsp3) is 0.231. The van der Waals surface area contributed by atoms with Gasteiger partial charge in [-0.15, -0.1) is 0 Å². The van der Waals surface area contributed by atoms with Gasteiger partial charge in [0.15, 0.2) is 0 Å². The number of hydrogen-bond acceptors (Lipinski definition) is 3. The summed E-state index contributed by atoms with van der Waals surface area (Å²) in [6, 6.07) is 6.99. The first-order valence-electron chi connectivity index (χ1n) is 5.66. The first-order valence-corrected chi connectivity index (χ1v) is 5.66. The minimum absolute atomic E-state index is 0.338. The summed E-state index contributed by atoms with van der Waals surface area (Å²) in [5.74, 6) is 0.0206. The topological polar surface area (TPSA) is 67.2 Å². The number of carboxylic acid groups (broad SMARTS) is 1. The first-order chi connectivity index (χ1) is 8.68. The Morgan fingerprint density at radius 3 is 2.83 bits per heavy atom. The number of carbonyl (C=O) groups is 1. The van der Waals surface area contributed by atoms with Crippen LogP contribution in [0.25, 0.3) is 0 Å². The third kappa shape index (κ3) is 2.75. The number of aromatic carboxylic acids is 1. The summed E-state index contributed by atoms with van der Waals surface area (Å²) in [6.07, 6.45) is 3.62. The van der Waals surface area contributed by atoms with E-state index >= 15 is 0 Å². The molecule has 18 heavy (non-hydrogen) atoms. The molecule has 5 heteroatoms. The van der Waals surface area contributed by atoms with Crippen LogP contribution in [0, 0.1) is 0 Å². The van der Waals surface area contributed by atoms with Gasteiger partial charge in [0.25, 0.3) is 0 Å². The molecule has 0 saturated carbocycles. The maximum Gasteiger partial charge on any atom is 0.336 e. The summed E-state index contributed by atoms with van der Waals surface area (Å²) < 4.78 is 1.93. The number of imidazole rings is 1. The van der Waals surface area contributed by atoms with Crippen LogP contribution < -0.4 is 5.32 Å². The standard InChI is InChI=1S/C13H15N3O2/c1-16-7-6-15-12(16)9-14-8-10-4-2-3-5-11(10)13(17)18/h2-7,14H,8-9H2,1H3,(H,17,18). The van der Waals surface area contributed by atoms with Gasteiger partial charge < -0.3 is 15.0 Å². The minimum Gasteiger partial charge on any atom is -0.478 e. The van der Waals surface area contributed by atoms with Gasteiger partial charge in [0.2, 0.25) is 0 Å². The molecule has 0 saturated heterocycles. The van der Waals surface area contributed by atoms with Gasteiger partial charge in [-0.2, -0.15) is 0 Å². The Kier molecular flexibility index (Phi) is 3.74. The van der Waals surface area contributed by atoms with Crippen LogP contribution in [0.5, 0.6) is 0 Å². The lowest BCUT2D eigenvalue weighted by Gasteiger charge is -2.07. The van der Waals surface area contributed by atoms with Crippen LogP contribution in [0.2, 0.25) is 0 Å². The Balaban J connectivity index is 1.99. The fourth-order valence-corrected chi connectivity index (χ4v) is 1.76.